The van der Waals surface area contributed by atoms with Crippen LogP contribution in [0.25, 0.3) is 0 Å². The summed E-state index contributed by atoms with van der Waals surface area (Å²) in [5, 5.41) is 13.0. The molecule has 1 aromatic carbocycles. The fourth-order valence-electron chi connectivity index (χ4n) is 2.53. The number of rotatable bonds is 6. The number of ether oxygens (including phenoxy) is 1. The second-order valence-corrected chi connectivity index (χ2v) is 5.28. The number of hydrogen-bond donors (Lipinski definition) is 2. The highest BCUT2D eigenvalue weighted by molar-refractivity contribution is 5.91. The van der Waals surface area contributed by atoms with Crippen molar-refractivity contribution in [2.45, 2.75) is 37.7 Å². The van der Waals surface area contributed by atoms with Gasteiger partial charge in [0, 0.05) is 11.8 Å². The number of hydrogen-bond acceptors (Lipinski definition) is 3. The maximum Gasteiger partial charge on any atom is 0.227 e. The van der Waals surface area contributed by atoms with Crippen molar-refractivity contribution in [3.63, 3.8) is 0 Å². The first kappa shape index (κ1) is 14.6. The molecule has 4 heteroatoms. The standard InChI is InChI=1S/C16H21NO3/c1-2-10-20-14-7-5-6-13(11-14)17-15(18)12-16(19)8-3-4-9-16/h2,5-7,11,19H,1,3-4,8-10,12H2,(H,17,18). The lowest BCUT2D eigenvalue weighted by Gasteiger charge is -2.21. The molecular weight excluding hydrogens is 254 g/mol. The zero-order chi connectivity index (χ0) is 14.4. The van der Waals surface area contributed by atoms with E-state index in [-0.39, 0.29) is 12.3 Å². The minimum absolute atomic E-state index is 0.157. The predicted octanol–water partition coefficient (Wildman–Crippen LogP) is 2.89. The van der Waals surface area contributed by atoms with Crippen molar-refractivity contribution in [2.75, 3.05) is 11.9 Å². The molecule has 4 nitrogen and oxygen atoms in total. The summed E-state index contributed by atoms with van der Waals surface area (Å²) in [6, 6.07) is 7.21. The summed E-state index contributed by atoms with van der Waals surface area (Å²) in [5.41, 5.74) is -0.140. The Balaban J connectivity index is 1.91. The van der Waals surface area contributed by atoms with Crippen LogP contribution in [0.4, 0.5) is 5.69 Å². The molecule has 0 radical (unpaired) electrons. The smallest absolute Gasteiger partial charge is 0.227 e. The fraction of sp³-hybridized carbons (Fsp3) is 0.438. The molecule has 1 fully saturated rings. The number of benzene rings is 1. The van der Waals surface area contributed by atoms with E-state index in [1.165, 1.54) is 0 Å². The third kappa shape index (κ3) is 4.10. The van der Waals surface area contributed by atoms with Gasteiger partial charge in [-0.1, -0.05) is 31.6 Å². The third-order valence-corrected chi connectivity index (χ3v) is 3.51. The molecule has 0 spiro atoms. The van der Waals surface area contributed by atoms with Gasteiger partial charge in [0.1, 0.15) is 12.4 Å². The second-order valence-electron chi connectivity index (χ2n) is 5.28. The Morgan fingerprint density at radius 2 is 2.20 bits per heavy atom. The first-order chi connectivity index (χ1) is 9.61. The Labute approximate surface area is 119 Å². The van der Waals surface area contributed by atoms with Crippen LogP contribution in [0.2, 0.25) is 0 Å². The van der Waals surface area contributed by atoms with Crippen molar-refractivity contribution in [1.82, 2.24) is 0 Å². The van der Waals surface area contributed by atoms with Gasteiger partial charge in [-0.15, -0.1) is 0 Å². The average Bonchev–Trinajstić information content (AvgIpc) is 2.83. The largest absolute Gasteiger partial charge is 0.489 e. The number of carbonyl (C=O) groups excluding carboxylic acids is 1. The summed E-state index contributed by atoms with van der Waals surface area (Å²) in [5.74, 6) is 0.526. The summed E-state index contributed by atoms with van der Waals surface area (Å²) in [6.07, 6.45) is 5.24. The SMILES string of the molecule is C=CCOc1cccc(NC(=O)CC2(O)CCCC2)c1. The molecule has 1 aliphatic rings. The Morgan fingerprint density at radius 1 is 1.45 bits per heavy atom. The van der Waals surface area contributed by atoms with Crippen LogP contribution in [-0.2, 0) is 4.79 Å². The van der Waals surface area contributed by atoms with Crippen molar-refractivity contribution in [1.29, 1.82) is 0 Å². The molecule has 1 aromatic rings. The minimum Gasteiger partial charge on any atom is -0.489 e. The van der Waals surface area contributed by atoms with Crippen molar-refractivity contribution >= 4 is 11.6 Å². The van der Waals surface area contributed by atoms with Crippen LogP contribution < -0.4 is 10.1 Å². The minimum atomic E-state index is -0.818. The quantitative estimate of drug-likeness (QED) is 0.785. The van der Waals surface area contributed by atoms with Gasteiger partial charge in [-0.2, -0.15) is 0 Å². The maximum atomic E-state index is 12.0. The van der Waals surface area contributed by atoms with Gasteiger partial charge in [0.2, 0.25) is 5.91 Å². The zero-order valence-electron chi connectivity index (χ0n) is 11.6. The fourth-order valence-corrected chi connectivity index (χ4v) is 2.53. The maximum absolute atomic E-state index is 12.0. The normalized spacial score (nSPS) is 16.6. The van der Waals surface area contributed by atoms with Crippen molar-refractivity contribution in [3.05, 3.63) is 36.9 Å². The molecule has 1 saturated carbocycles. The van der Waals surface area contributed by atoms with Crippen molar-refractivity contribution < 1.29 is 14.6 Å². The number of anilines is 1. The Kier molecular flexibility index (Phi) is 4.79. The lowest BCUT2D eigenvalue weighted by atomic mass is 9.97. The summed E-state index contributed by atoms with van der Waals surface area (Å²) in [7, 11) is 0. The van der Waals surface area contributed by atoms with E-state index in [4.69, 9.17) is 4.74 Å². The van der Waals surface area contributed by atoms with Crippen molar-refractivity contribution in [2.24, 2.45) is 0 Å². The predicted molar refractivity (Wildman–Crippen MR) is 78.8 cm³/mol. The van der Waals surface area contributed by atoms with Crippen LogP contribution in [0, 0.1) is 0 Å². The van der Waals surface area contributed by atoms with Gasteiger partial charge in [-0.25, -0.2) is 0 Å². The van der Waals surface area contributed by atoms with Gasteiger partial charge >= 0.3 is 0 Å². The van der Waals surface area contributed by atoms with Crippen LogP contribution in [-0.4, -0.2) is 23.2 Å². The monoisotopic (exact) mass is 275 g/mol. The van der Waals surface area contributed by atoms with Gasteiger partial charge < -0.3 is 15.2 Å². The van der Waals surface area contributed by atoms with E-state index in [0.717, 1.165) is 12.8 Å². The molecule has 20 heavy (non-hydrogen) atoms. The molecule has 2 rings (SSSR count). The van der Waals surface area contributed by atoms with Crippen LogP contribution in [0.5, 0.6) is 5.75 Å². The number of carbonyl (C=O) groups is 1. The van der Waals surface area contributed by atoms with E-state index in [1.807, 2.05) is 12.1 Å². The number of aliphatic hydroxyl groups is 1. The lowest BCUT2D eigenvalue weighted by molar-refractivity contribution is -0.120. The molecule has 0 aliphatic heterocycles. The highest BCUT2D eigenvalue weighted by atomic mass is 16.5. The molecule has 0 heterocycles. The van der Waals surface area contributed by atoms with Crippen molar-refractivity contribution in [3.8, 4) is 5.75 Å². The van der Waals surface area contributed by atoms with E-state index in [2.05, 4.69) is 11.9 Å². The first-order valence-corrected chi connectivity index (χ1v) is 6.97. The van der Waals surface area contributed by atoms with Gasteiger partial charge in [-0.05, 0) is 25.0 Å². The molecule has 2 N–H and O–H groups in total. The molecular formula is C16H21NO3. The van der Waals surface area contributed by atoms with Gasteiger partial charge in [-0.3, -0.25) is 4.79 Å². The molecule has 108 valence electrons. The molecule has 0 unspecified atom stereocenters. The zero-order valence-corrected chi connectivity index (χ0v) is 11.6. The molecule has 0 bridgehead atoms. The van der Waals surface area contributed by atoms with E-state index < -0.39 is 5.60 Å². The van der Waals surface area contributed by atoms with Gasteiger partial charge in [0.25, 0.3) is 0 Å². The van der Waals surface area contributed by atoms with E-state index >= 15 is 0 Å². The Bertz CT molecular complexity index is 478. The molecule has 1 aliphatic carbocycles. The summed E-state index contributed by atoms with van der Waals surface area (Å²) in [4.78, 5) is 12.0. The topological polar surface area (TPSA) is 58.6 Å². The third-order valence-electron chi connectivity index (χ3n) is 3.51. The van der Waals surface area contributed by atoms with E-state index in [0.29, 0.717) is 30.9 Å². The van der Waals surface area contributed by atoms with Crippen LogP contribution in [0.1, 0.15) is 32.1 Å². The lowest BCUT2D eigenvalue weighted by Crippen LogP contribution is -2.30. The van der Waals surface area contributed by atoms with Crippen LogP contribution in [0.15, 0.2) is 36.9 Å². The van der Waals surface area contributed by atoms with E-state index in [9.17, 15) is 9.90 Å². The van der Waals surface area contributed by atoms with Crippen LogP contribution in [0.3, 0.4) is 0 Å². The summed E-state index contributed by atoms with van der Waals surface area (Å²) < 4.78 is 5.41. The van der Waals surface area contributed by atoms with Crippen LogP contribution >= 0.6 is 0 Å². The molecule has 0 atom stereocenters. The van der Waals surface area contributed by atoms with Gasteiger partial charge in [0.05, 0.1) is 12.0 Å². The van der Waals surface area contributed by atoms with Gasteiger partial charge in [0.15, 0.2) is 0 Å². The second kappa shape index (κ2) is 6.57. The summed E-state index contributed by atoms with van der Waals surface area (Å²) in [6.45, 7) is 4.02. The number of amides is 1. The molecule has 0 saturated heterocycles. The average molecular weight is 275 g/mol. The first-order valence-electron chi connectivity index (χ1n) is 6.97. The Morgan fingerprint density at radius 3 is 2.90 bits per heavy atom. The van der Waals surface area contributed by atoms with E-state index in [1.54, 1.807) is 18.2 Å². The Hall–Kier alpha value is -1.81. The highest BCUT2D eigenvalue weighted by Crippen LogP contribution is 2.32. The summed E-state index contributed by atoms with van der Waals surface area (Å²) >= 11 is 0. The molecule has 1 amide bonds. The molecule has 0 aromatic heterocycles. The number of nitrogens with one attached hydrogen (secondary N) is 1. The highest BCUT2D eigenvalue weighted by Gasteiger charge is 2.33.